The number of ether oxygens (including phenoxy) is 1. The van der Waals surface area contributed by atoms with Gasteiger partial charge in [0, 0.05) is 29.6 Å². The number of piperidine rings is 1. The van der Waals surface area contributed by atoms with Gasteiger partial charge in [-0.15, -0.1) is 0 Å². The molecule has 4 nitrogen and oxygen atoms in total. The summed E-state index contributed by atoms with van der Waals surface area (Å²) in [6.45, 7) is 2.83. The number of carbonyl (C=O) groups excluding carboxylic acids is 1. The summed E-state index contributed by atoms with van der Waals surface area (Å²) in [6.07, 6.45) is 1.93. The average molecular weight is 374 g/mol. The minimum absolute atomic E-state index is 0.00362. The highest BCUT2D eigenvalue weighted by Gasteiger charge is 2.26. The van der Waals surface area contributed by atoms with E-state index in [9.17, 15) is 4.79 Å². The molecule has 0 bridgehead atoms. The van der Waals surface area contributed by atoms with Gasteiger partial charge in [0.05, 0.1) is 6.61 Å². The van der Waals surface area contributed by atoms with Crippen molar-refractivity contribution in [3.63, 3.8) is 0 Å². The van der Waals surface area contributed by atoms with Gasteiger partial charge in [0.2, 0.25) is 0 Å². The molecule has 0 saturated carbocycles. The van der Waals surface area contributed by atoms with Crippen LogP contribution in [0.5, 0.6) is 5.75 Å². The third-order valence-electron chi connectivity index (χ3n) is 4.65. The van der Waals surface area contributed by atoms with E-state index in [1.54, 1.807) is 12.1 Å². The van der Waals surface area contributed by atoms with Crippen LogP contribution in [-0.2, 0) is 6.54 Å². The smallest absolute Gasteiger partial charge is 0.167 e. The molecule has 1 N–H and O–H groups in total. The number of hydrogen-bond acceptors (Lipinski definition) is 4. The molecule has 138 valence electrons. The molecule has 0 aromatic heterocycles. The molecule has 0 spiro atoms. The summed E-state index contributed by atoms with van der Waals surface area (Å²) in [4.78, 5) is 15.1. The van der Waals surface area contributed by atoms with Gasteiger partial charge in [-0.25, -0.2) is 0 Å². The second kappa shape index (κ2) is 9.17. The molecule has 1 fully saturated rings. The third-order valence-corrected chi connectivity index (χ3v) is 4.89. The number of hydrogen-bond donors (Lipinski definition) is 1. The molecule has 1 aliphatic rings. The molecule has 2 aromatic carbocycles. The van der Waals surface area contributed by atoms with Crippen LogP contribution >= 0.6 is 11.6 Å². The Morgan fingerprint density at radius 2 is 2.08 bits per heavy atom. The zero-order valence-corrected chi connectivity index (χ0v) is 15.5. The maximum atomic E-state index is 12.8. The fourth-order valence-electron chi connectivity index (χ4n) is 3.45. The Labute approximate surface area is 159 Å². The molecule has 1 saturated heterocycles. The first kappa shape index (κ1) is 18.9. The van der Waals surface area contributed by atoms with Crippen LogP contribution in [0.25, 0.3) is 0 Å². The summed E-state index contributed by atoms with van der Waals surface area (Å²) >= 11 is 6.02. The number of likely N-dealkylation sites (tertiary alicyclic amines) is 1. The number of benzene rings is 2. The number of ketones is 1. The zero-order chi connectivity index (χ0) is 18.4. The van der Waals surface area contributed by atoms with Crippen LogP contribution in [0.3, 0.4) is 0 Å². The average Bonchev–Trinajstić information content (AvgIpc) is 2.66. The number of halogens is 1. The van der Waals surface area contributed by atoms with Crippen LogP contribution in [0, 0.1) is 5.92 Å². The van der Waals surface area contributed by atoms with Crippen molar-refractivity contribution >= 4 is 17.4 Å². The molecule has 26 heavy (non-hydrogen) atoms. The van der Waals surface area contributed by atoms with Gasteiger partial charge < -0.3 is 9.84 Å². The maximum absolute atomic E-state index is 12.8. The highest BCUT2D eigenvalue weighted by Crippen LogP contribution is 2.24. The van der Waals surface area contributed by atoms with E-state index >= 15 is 0 Å². The summed E-state index contributed by atoms with van der Waals surface area (Å²) in [5.74, 6) is 0.952. The SMILES string of the molecule is O=C(c1cccc(Cl)c1)[C@H]1CCCN(Cc2cccc(OCCO)c2)C1. The highest BCUT2D eigenvalue weighted by molar-refractivity contribution is 6.31. The first-order chi connectivity index (χ1) is 12.7. The standard InChI is InChI=1S/C21H24ClNO3/c22-19-7-2-5-17(13-19)21(25)18-6-3-9-23(15-18)14-16-4-1-8-20(12-16)26-11-10-24/h1-2,4-5,7-8,12-13,18,24H,3,6,9-11,14-15H2/t18-/m0/s1. The van der Waals surface area contributed by atoms with Gasteiger partial charge in [0.25, 0.3) is 0 Å². The third kappa shape index (κ3) is 5.07. The molecular formula is C21H24ClNO3. The molecule has 5 heteroatoms. The van der Waals surface area contributed by atoms with Crippen LogP contribution in [0.2, 0.25) is 5.02 Å². The van der Waals surface area contributed by atoms with Crippen molar-refractivity contribution in [1.29, 1.82) is 0 Å². The number of Topliss-reactive ketones (excluding diaryl/α,β-unsaturated/α-hetero) is 1. The van der Waals surface area contributed by atoms with E-state index in [1.165, 1.54) is 0 Å². The zero-order valence-electron chi connectivity index (χ0n) is 14.7. The van der Waals surface area contributed by atoms with Crippen molar-refractivity contribution in [2.45, 2.75) is 19.4 Å². The first-order valence-electron chi connectivity index (χ1n) is 9.00. The van der Waals surface area contributed by atoms with Crippen molar-refractivity contribution in [3.8, 4) is 5.75 Å². The lowest BCUT2D eigenvalue weighted by molar-refractivity contribution is 0.0811. The summed E-state index contributed by atoms with van der Waals surface area (Å²) in [6, 6.07) is 15.1. The molecule has 2 aromatic rings. The molecular weight excluding hydrogens is 350 g/mol. The number of aliphatic hydroxyl groups excluding tert-OH is 1. The monoisotopic (exact) mass is 373 g/mol. The fraction of sp³-hybridized carbons (Fsp3) is 0.381. The second-order valence-electron chi connectivity index (χ2n) is 6.67. The van der Waals surface area contributed by atoms with Crippen LogP contribution in [0.15, 0.2) is 48.5 Å². The van der Waals surface area contributed by atoms with Gasteiger partial charge in [0.15, 0.2) is 5.78 Å². The van der Waals surface area contributed by atoms with Gasteiger partial charge in [-0.2, -0.15) is 0 Å². The largest absolute Gasteiger partial charge is 0.491 e. The van der Waals surface area contributed by atoms with E-state index in [4.69, 9.17) is 21.4 Å². The second-order valence-corrected chi connectivity index (χ2v) is 7.10. The molecule has 1 heterocycles. The van der Waals surface area contributed by atoms with Crippen LogP contribution < -0.4 is 4.74 Å². The molecule has 0 unspecified atom stereocenters. The number of aliphatic hydroxyl groups is 1. The van der Waals surface area contributed by atoms with Crippen LogP contribution in [-0.4, -0.2) is 42.1 Å². The van der Waals surface area contributed by atoms with Gasteiger partial charge in [-0.3, -0.25) is 9.69 Å². The number of nitrogens with zero attached hydrogens (tertiary/aromatic N) is 1. The van der Waals surface area contributed by atoms with Crippen LogP contribution in [0.1, 0.15) is 28.8 Å². The lowest BCUT2D eigenvalue weighted by atomic mass is 9.90. The normalized spacial score (nSPS) is 17.8. The maximum Gasteiger partial charge on any atom is 0.167 e. The summed E-state index contributed by atoms with van der Waals surface area (Å²) in [5, 5.41) is 9.48. The van der Waals surface area contributed by atoms with Crippen molar-refractivity contribution < 1.29 is 14.6 Å². The topological polar surface area (TPSA) is 49.8 Å². The highest BCUT2D eigenvalue weighted by atomic mass is 35.5. The Bertz CT molecular complexity index is 750. The van der Waals surface area contributed by atoms with Crippen molar-refractivity contribution in [1.82, 2.24) is 4.90 Å². The van der Waals surface area contributed by atoms with Crippen molar-refractivity contribution in [2.75, 3.05) is 26.3 Å². The molecule has 3 rings (SSSR count). The molecule has 1 atom stereocenters. The van der Waals surface area contributed by atoms with Crippen molar-refractivity contribution in [3.05, 3.63) is 64.7 Å². The Balaban J connectivity index is 1.62. The van der Waals surface area contributed by atoms with E-state index in [-0.39, 0.29) is 18.3 Å². The Morgan fingerprint density at radius 3 is 2.88 bits per heavy atom. The first-order valence-corrected chi connectivity index (χ1v) is 9.38. The molecule has 0 radical (unpaired) electrons. The summed E-state index contributed by atoms with van der Waals surface area (Å²) in [5.41, 5.74) is 1.85. The van der Waals surface area contributed by atoms with Crippen molar-refractivity contribution in [2.24, 2.45) is 5.92 Å². The Morgan fingerprint density at radius 1 is 1.23 bits per heavy atom. The van der Waals surface area contributed by atoms with E-state index in [2.05, 4.69) is 11.0 Å². The number of carbonyl (C=O) groups is 1. The van der Waals surface area contributed by atoms with Gasteiger partial charge >= 0.3 is 0 Å². The van der Waals surface area contributed by atoms with E-state index in [0.29, 0.717) is 17.2 Å². The number of rotatable bonds is 7. The Kier molecular flexibility index (Phi) is 6.67. The molecule has 1 aliphatic heterocycles. The van der Waals surface area contributed by atoms with Gasteiger partial charge in [0.1, 0.15) is 12.4 Å². The Hall–Kier alpha value is -1.88. The molecule has 0 aliphatic carbocycles. The summed E-state index contributed by atoms with van der Waals surface area (Å²) < 4.78 is 5.48. The predicted octanol–water partition coefficient (Wildman–Crippen LogP) is 3.81. The van der Waals surface area contributed by atoms with E-state index < -0.39 is 0 Å². The van der Waals surface area contributed by atoms with E-state index in [0.717, 1.165) is 43.8 Å². The fourth-order valence-corrected chi connectivity index (χ4v) is 3.64. The minimum atomic E-state index is 0.00362. The van der Waals surface area contributed by atoms with Gasteiger partial charge in [-0.05, 0) is 49.2 Å². The molecule has 0 amide bonds. The lowest BCUT2D eigenvalue weighted by Crippen LogP contribution is -2.38. The quantitative estimate of drug-likeness (QED) is 0.750. The summed E-state index contributed by atoms with van der Waals surface area (Å²) in [7, 11) is 0. The lowest BCUT2D eigenvalue weighted by Gasteiger charge is -2.32. The van der Waals surface area contributed by atoms with Crippen LogP contribution in [0.4, 0.5) is 0 Å². The van der Waals surface area contributed by atoms with Gasteiger partial charge in [-0.1, -0.05) is 35.9 Å². The van der Waals surface area contributed by atoms with E-state index in [1.807, 2.05) is 30.3 Å². The minimum Gasteiger partial charge on any atom is -0.491 e. The predicted molar refractivity (Wildman–Crippen MR) is 103 cm³/mol.